The van der Waals surface area contributed by atoms with Crippen molar-refractivity contribution in [3.05, 3.63) is 64.7 Å². The van der Waals surface area contributed by atoms with Crippen molar-refractivity contribution < 1.29 is 50.5 Å². The van der Waals surface area contributed by atoms with Gasteiger partial charge in [-0.1, -0.05) is 6.07 Å². The van der Waals surface area contributed by atoms with E-state index in [1.807, 2.05) is 0 Å². The highest BCUT2D eigenvalue weighted by atomic mass is 19.4. The zero-order valence-electron chi connectivity index (χ0n) is 22.6. The average Bonchev–Trinajstić information content (AvgIpc) is 3.42. The number of aromatic nitrogens is 2. The van der Waals surface area contributed by atoms with E-state index in [9.17, 15) is 36.2 Å². The first-order chi connectivity index (χ1) is 20.2. The van der Waals surface area contributed by atoms with Gasteiger partial charge in [0.25, 0.3) is 0 Å². The topological polar surface area (TPSA) is 94.8 Å². The van der Waals surface area contributed by atoms with Crippen molar-refractivity contribution in [3.8, 4) is 17.2 Å². The van der Waals surface area contributed by atoms with Crippen LogP contribution in [-0.4, -0.2) is 32.8 Å². The maximum atomic E-state index is 15.0. The van der Waals surface area contributed by atoms with Crippen molar-refractivity contribution in [3.63, 3.8) is 0 Å². The minimum Gasteiger partial charge on any atom is -0.481 e. The number of ether oxygens (including phenoxy) is 3. The van der Waals surface area contributed by atoms with Crippen LogP contribution in [0.1, 0.15) is 73.7 Å². The van der Waals surface area contributed by atoms with Crippen LogP contribution in [0.25, 0.3) is 5.69 Å². The Kier molecular flexibility index (Phi) is 5.86. The molecule has 0 saturated heterocycles. The van der Waals surface area contributed by atoms with E-state index >= 15 is 0 Å². The molecule has 2 N–H and O–H groups in total. The van der Waals surface area contributed by atoms with Crippen LogP contribution in [0.3, 0.4) is 0 Å². The van der Waals surface area contributed by atoms with Crippen LogP contribution in [-0.2, 0) is 22.1 Å². The van der Waals surface area contributed by atoms with Crippen LogP contribution >= 0.6 is 0 Å². The quantitative estimate of drug-likeness (QED) is 0.281. The van der Waals surface area contributed by atoms with Gasteiger partial charge in [0, 0.05) is 11.6 Å². The number of rotatable bonds is 7. The van der Waals surface area contributed by atoms with Crippen LogP contribution in [0.5, 0.6) is 11.5 Å². The molecule has 228 valence electrons. The molecule has 1 aliphatic heterocycles. The van der Waals surface area contributed by atoms with Crippen molar-refractivity contribution in [1.82, 2.24) is 9.78 Å². The minimum atomic E-state index is -4.74. The average molecular weight is 610 g/mol. The first-order valence-electron chi connectivity index (χ1n) is 13.7. The van der Waals surface area contributed by atoms with E-state index in [2.05, 4.69) is 19.9 Å². The van der Waals surface area contributed by atoms with E-state index < -0.39 is 53.1 Å². The van der Waals surface area contributed by atoms with Crippen molar-refractivity contribution in [2.45, 2.75) is 75.7 Å². The van der Waals surface area contributed by atoms with Crippen molar-refractivity contribution in [2.75, 3.05) is 5.32 Å². The summed E-state index contributed by atoms with van der Waals surface area (Å²) in [6.45, 7) is 1.65. The van der Waals surface area contributed by atoms with E-state index in [4.69, 9.17) is 4.74 Å². The molecule has 2 aromatic carbocycles. The van der Waals surface area contributed by atoms with Gasteiger partial charge < -0.3 is 24.6 Å². The fourth-order valence-electron chi connectivity index (χ4n) is 6.84. The SMILES string of the molecule is C[C@H](Nc1cc(-n2nc(C(F)(F)F)c3c2[C@@H](OC24CC(C(=O)O)(C2)C4)CCC3)ccc1F)c1ccc2c(c1)OC(F)(F)O2. The summed E-state index contributed by atoms with van der Waals surface area (Å²) in [7, 11) is 0. The summed E-state index contributed by atoms with van der Waals surface area (Å²) in [5.41, 5.74) is -1.76. The Balaban J connectivity index is 1.20. The molecule has 43 heavy (non-hydrogen) atoms. The maximum Gasteiger partial charge on any atom is 0.586 e. The number of benzene rings is 2. The monoisotopic (exact) mass is 609 g/mol. The third kappa shape index (κ3) is 4.48. The molecule has 3 fully saturated rings. The predicted molar refractivity (Wildman–Crippen MR) is 137 cm³/mol. The summed E-state index contributed by atoms with van der Waals surface area (Å²) in [6.07, 6.45) is -7.40. The summed E-state index contributed by atoms with van der Waals surface area (Å²) < 4.78 is 101. The fraction of sp³-hybridized carbons (Fsp3) is 0.448. The number of carbonyl (C=O) groups is 1. The highest BCUT2D eigenvalue weighted by Crippen LogP contribution is 2.70. The number of nitrogens with zero attached hydrogens (tertiary/aromatic N) is 2. The molecule has 8 rings (SSSR count). The molecule has 0 unspecified atom stereocenters. The molecule has 0 radical (unpaired) electrons. The Labute approximate surface area is 240 Å². The maximum absolute atomic E-state index is 15.0. The lowest BCUT2D eigenvalue weighted by Gasteiger charge is -2.67. The van der Waals surface area contributed by atoms with Crippen LogP contribution in [0, 0.1) is 11.2 Å². The Morgan fingerprint density at radius 2 is 1.86 bits per heavy atom. The molecule has 4 aliphatic carbocycles. The summed E-state index contributed by atoms with van der Waals surface area (Å²) >= 11 is 0. The van der Waals surface area contributed by atoms with Gasteiger partial charge in [-0.05, 0) is 81.3 Å². The number of hydrogen-bond acceptors (Lipinski definition) is 6. The van der Waals surface area contributed by atoms with Gasteiger partial charge >= 0.3 is 18.4 Å². The van der Waals surface area contributed by atoms with E-state index in [0.29, 0.717) is 37.7 Å². The van der Waals surface area contributed by atoms with Crippen LogP contribution in [0.4, 0.5) is 32.0 Å². The lowest BCUT2D eigenvalue weighted by Crippen LogP contribution is -2.71. The zero-order chi connectivity index (χ0) is 30.5. The number of fused-ring (bicyclic) bond motifs is 2. The fourth-order valence-corrected chi connectivity index (χ4v) is 6.84. The molecule has 2 atom stereocenters. The van der Waals surface area contributed by atoms with Gasteiger partial charge in [0.2, 0.25) is 0 Å². The lowest BCUT2D eigenvalue weighted by atomic mass is 9.41. The Bertz CT molecular complexity index is 1630. The second kappa shape index (κ2) is 9.04. The third-order valence-corrected chi connectivity index (χ3v) is 8.81. The number of anilines is 1. The van der Waals surface area contributed by atoms with Gasteiger partial charge in [-0.25, -0.2) is 9.07 Å². The Hall–Kier alpha value is -3.94. The highest BCUT2D eigenvalue weighted by molar-refractivity contribution is 5.80. The molecule has 2 heterocycles. The standard InChI is InChI=1S/C29H25F6N3O5/c1-14(15-5-8-20-22(9-15)43-29(34,35)42-20)36-19-10-16(6-7-18(19)30)38-23-17(24(37-38)28(31,32)33)3-2-4-21(23)41-27-11-26(12-27,13-27)25(39)40/h5-10,14,21,36H,2-4,11-13H2,1H3,(H,39,40)/t14-,21-,26?,27?/m0/s1. The van der Waals surface area contributed by atoms with Crippen LogP contribution in [0.2, 0.25) is 0 Å². The highest BCUT2D eigenvalue weighted by Gasteiger charge is 2.73. The predicted octanol–water partition coefficient (Wildman–Crippen LogP) is 6.93. The van der Waals surface area contributed by atoms with Crippen LogP contribution in [0.15, 0.2) is 36.4 Å². The van der Waals surface area contributed by atoms with Gasteiger partial charge in [0.15, 0.2) is 17.2 Å². The molecule has 3 saturated carbocycles. The van der Waals surface area contributed by atoms with E-state index in [-0.39, 0.29) is 40.6 Å². The number of carboxylic acid groups (broad SMARTS) is 1. The van der Waals surface area contributed by atoms with Gasteiger partial charge in [-0.2, -0.15) is 18.3 Å². The van der Waals surface area contributed by atoms with Gasteiger partial charge in [-0.3, -0.25) is 4.79 Å². The van der Waals surface area contributed by atoms with E-state index in [1.165, 1.54) is 30.3 Å². The summed E-state index contributed by atoms with van der Waals surface area (Å²) in [5, 5.41) is 16.4. The smallest absolute Gasteiger partial charge is 0.481 e. The third-order valence-electron chi connectivity index (χ3n) is 8.81. The summed E-state index contributed by atoms with van der Waals surface area (Å²) in [4.78, 5) is 11.6. The Morgan fingerprint density at radius 3 is 2.56 bits per heavy atom. The van der Waals surface area contributed by atoms with Crippen molar-refractivity contribution in [1.29, 1.82) is 0 Å². The van der Waals surface area contributed by atoms with Gasteiger partial charge in [0.1, 0.15) is 11.9 Å². The molecule has 0 amide bonds. The number of alkyl halides is 5. The van der Waals surface area contributed by atoms with Crippen molar-refractivity contribution in [2.24, 2.45) is 5.41 Å². The molecule has 1 aromatic heterocycles. The molecule has 14 heteroatoms. The summed E-state index contributed by atoms with van der Waals surface area (Å²) in [5.74, 6) is -1.92. The van der Waals surface area contributed by atoms with E-state index in [1.54, 1.807) is 6.92 Å². The normalized spacial score (nSPS) is 27.1. The molecule has 2 bridgehead atoms. The molecular weight excluding hydrogens is 584 g/mol. The molecule has 8 nitrogen and oxygen atoms in total. The zero-order valence-corrected chi connectivity index (χ0v) is 22.6. The van der Waals surface area contributed by atoms with E-state index in [0.717, 1.165) is 10.7 Å². The number of hydrogen-bond donors (Lipinski definition) is 2. The first kappa shape index (κ1) is 27.9. The molecular formula is C29H25F6N3O5. The molecule has 0 spiro atoms. The van der Waals surface area contributed by atoms with Gasteiger partial charge in [0.05, 0.1) is 28.1 Å². The van der Waals surface area contributed by atoms with Gasteiger partial charge in [-0.15, -0.1) is 8.78 Å². The Morgan fingerprint density at radius 1 is 1.14 bits per heavy atom. The number of aliphatic carboxylic acids is 1. The second-order valence-corrected chi connectivity index (χ2v) is 11.8. The molecule has 3 aromatic rings. The largest absolute Gasteiger partial charge is 0.586 e. The number of nitrogens with one attached hydrogen (secondary N) is 1. The minimum absolute atomic E-state index is 0.00709. The lowest BCUT2D eigenvalue weighted by molar-refractivity contribution is -0.300. The number of halogens is 6. The molecule has 5 aliphatic rings. The second-order valence-electron chi connectivity index (χ2n) is 11.8. The summed E-state index contributed by atoms with van der Waals surface area (Å²) in [6, 6.07) is 7.24. The number of carboxylic acids is 1. The first-order valence-corrected chi connectivity index (χ1v) is 13.7. The van der Waals surface area contributed by atoms with Crippen molar-refractivity contribution >= 4 is 11.7 Å². The van der Waals surface area contributed by atoms with Crippen LogP contribution < -0.4 is 14.8 Å².